The zero-order chi connectivity index (χ0) is 15.4. The normalized spacial score (nSPS) is 23.3. The van der Waals surface area contributed by atoms with Crippen LogP contribution in [0.5, 0.6) is 0 Å². The highest BCUT2D eigenvalue weighted by Crippen LogP contribution is 2.20. The number of pyridine rings is 1. The standard InChI is InChI=1S/C17H27N5/c1-14-6-5-8-19-16(14)12-20-17(18-2)22-11-7-15(13-22)21-9-3-4-10-21/h5-6,8,15H,3-4,7,9-13H2,1-2H3,(H,18,20). The largest absolute Gasteiger partial charge is 0.351 e. The number of guanidine groups is 1. The molecule has 0 aliphatic carbocycles. The molecule has 0 bridgehead atoms. The third kappa shape index (κ3) is 3.40. The number of aryl methyl sites for hydroxylation is 1. The number of nitrogens with one attached hydrogen (secondary N) is 1. The van der Waals surface area contributed by atoms with Crippen molar-refractivity contribution in [1.29, 1.82) is 0 Å². The van der Waals surface area contributed by atoms with Crippen LogP contribution in [0.25, 0.3) is 0 Å². The maximum absolute atomic E-state index is 4.46. The first-order chi connectivity index (χ1) is 10.8. The summed E-state index contributed by atoms with van der Waals surface area (Å²) in [4.78, 5) is 13.9. The molecule has 1 unspecified atom stereocenters. The van der Waals surface area contributed by atoms with Crippen LogP contribution in [0.1, 0.15) is 30.5 Å². The lowest BCUT2D eigenvalue weighted by Gasteiger charge is -2.25. The van der Waals surface area contributed by atoms with Gasteiger partial charge < -0.3 is 10.2 Å². The van der Waals surface area contributed by atoms with Crippen molar-refractivity contribution in [3.05, 3.63) is 29.6 Å². The average molecular weight is 301 g/mol. The van der Waals surface area contributed by atoms with Crippen LogP contribution in [0.4, 0.5) is 0 Å². The second kappa shape index (κ2) is 7.09. The van der Waals surface area contributed by atoms with Crippen LogP contribution in [0.15, 0.2) is 23.3 Å². The third-order valence-corrected chi connectivity index (χ3v) is 4.86. The monoisotopic (exact) mass is 301 g/mol. The Balaban J connectivity index is 1.55. The Labute approximate surface area is 133 Å². The van der Waals surface area contributed by atoms with E-state index in [2.05, 4.69) is 38.1 Å². The van der Waals surface area contributed by atoms with E-state index in [9.17, 15) is 0 Å². The molecule has 0 spiro atoms. The summed E-state index contributed by atoms with van der Waals surface area (Å²) in [6.45, 7) is 7.59. The van der Waals surface area contributed by atoms with Crippen LogP contribution in [0, 0.1) is 6.92 Å². The molecule has 5 nitrogen and oxygen atoms in total. The Bertz CT molecular complexity index is 522. The lowest BCUT2D eigenvalue weighted by molar-refractivity contribution is 0.249. The van der Waals surface area contributed by atoms with E-state index in [1.807, 2.05) is 19.3 Å². The summed E-state index contributed by atoms with van der Waals surface area (Å²) in [7, 11) is 1.87. The number of nitrogens with zero attached hydrogens (tertiary/aromatic N) is 4. The highest BCUT2D eigenvalue weighted by Gasteiger charge is 2.30. The highest BCUT2D eigenvalue weighted by molar-refractivity contribution is 5.80. The molecular weight excluding hydrogens is 274 g/mol. The molecular formula is C17H27N5. The van der Waals surface area contributed by atoms with E-state index in [1.165, 1.54) is 37.9 Å². The quantitative estimate of drug-likeness (QED) is 0.681. The molecule has 0 saturated carbocycles. The van der Waals surface area contributed by atoms with Gasteiger partial charge in [-0.1, -0.05) is 6.07 Å². The van der Waals surface area contributed by atoms with Gasteiger partial charge in [-0.05, 0) is 50.9 Å². The van der Waals surface area contributed by atoms with Crippen molar-refractivity contribution in [2.24, 2.45) is 4.99 Å². The van der Waals surface area contributed by atoms with Crippen LogP contribution >= 0.6 is 0 Å². The first-order valence-electron chi connectivity index (χ1n) is 8.38. The summed E-state index contributed by atoms with van der Waals surface area (Å²) in [6, 6.07) is 4.79. The van der Waals surface area contributed by atoms with Crippen LogP contribution in [-0.4, -0.2) is 60.0 Å². The lowest BCUT2D eigenvalue weighted by atomic mass is 10.2. The molecule has 2 aliphatic heterocycles. The summed E-state index contributed by atoms with van der Waals surface area (Å²) in [5, 5.41) is 3.47. The van der Waals surface area contributed by atoms with E-state index >= 15 is 0 Å². The van der Waals surface area contributed by atoms with Crippen molar-refractivity contribution in [3.8, 4) is 0 Å². The molecule has 3 heterocycles. The van der Waals surface area contributed by atoms with Crippen molar-refractivity contribution in [2.75, 3.05) is 33.2 Å². The zero-order valence-corrected chi connectivity index (χ0v) is 13.8. The van der Waals surface area contributed by atoms with Gasteiger partial charge in [0.15, 0.2) is 5.96 Å². The Morgan fingerprint density at radius 3 is 2.91 bits per heavy atom. The van der Waals surface area contributed by atoms with Gasteiger partial charge in [0.25, 0.3) is 0 Å². The summed E-state index contributed by atoms with van der Waals surface area (Å²) in [6.07, 6.45) is 5.83. The molecule has 0 amide bonds. The first-order valence-corrected chi connectivity index (χ1v) is 8.38. The SMILES string of the molecule is CN=C(NCc1ncccc1C)N1CCC(N2CCCC2)C1. The molecule has 1 aromatic rings. The van der Waals surface area contributed by atoms with Crippen molar-refractivity contribution in [2.45, 2.75) is 38.8 Å². The molecule has 3 rings (SSSR count). The van der Waals surface area contributed by atoms with Gasteiger partial charge in [0.1, 0.15) is 0 Å². The molecule has 5 heteroatoms. The van der Waals surface area contributed by atoms with Gasteiger partial charge in [-0.2, -0.15) is 0 Å². The lowest BCUT2D eigenvalue weighted by Crippen LogP contribution is -2.42. The number of hydrogen-bond donors (Lipinski definition) is 1. The predicted octanol–water partition coefficient (Wildman–Crippen LogP) is 1.64. The molecule has 1 aromatic heterocycles. The average Bonchev–Trinajstić information content (AvgIpc) is 3.20. The summed E-state index contributed by atoms with van der Waals surface area (Å²) in [5.74, 6) is 1.01. The molecule has 0 aromatic carbocycles. The number of hydrogen-bond acceptors (Lipinski definition) is 3. The van der Waals surface area contributed by atoms with Gasteiger partial charge in [-0.3, -0.25) is 14.9 Å². The number of aliphatic imine (C=N–C) groups is 1. The molecule has 2 saturated heterocycles. The highest BCUT2D eigenvalue weighted by atomic mass is 15.3. The molecule has 2 aliphatic rings. The maximum atomic E-state index is 4.46. The van der Waals surface area contributed by atoms with E-state index in [4.69, 9.17) is 0 Å². The Hall–Kier alpha value is -1.62. The fourth-order valence-electron chi connectivity index (χ4n) is 3.54. The Kier molecular flexibility index (Phi) is 4.93. The van der Waals surface area contributed by atoms with Crippen molar-refractivity contribution in [3.63, 3.8) is 0 Å². The number of aromatic nitrogens is 1. The minimum Gasteiger partial charge on any atom is -0.351 e. The summed E-state index contributed by atoms with van der Waals surface area (Å²) >= 11 is 0. The predicted molar refractivity (Wildman–Crippen MR) is 90.0 cm³/mol. The van der Waals surface area contributed by atoms with Crippen LogP contribution in [-0.2, 0) is 6.54 Å². The zero-order valence-electron chi connectivity index (χ0n) is 13.8. The Morgan fingerprint density at radius 2 is 2.18 bits per heavy atom. The van der Waals surface area contributed by atoms with Crippen molar-refractivity contribution < 1.29 is 0 Å². The van der Waals surface area contributed by atoms with Gasteiger partial charge in [0.05, 0.1) is 12.2 Å². The van der Waals surface area contributed by atoms with E-state index in [0.717, 1.165) is 31.3 Å². The number of likely N-dealkylation sites (tertiary alicyclic amines) is 2. The minimum absolute atomic E-state index is 0.706. The third-order valence-electron chi connectivity index (χ3n) is 4.86. The molecule has 0 radical (unpaired) electrons. The van der Waals surface area contributed by atoms with Crippen molar-refractivity contribution >= 4 is 5.96 Å². The second-order valence-corrected chi connectivity index (χ2v) is 6.30. The molecule has 120 valence electrons. The fourth-order valence-corrected chi connectivity index (χ4v) is 3.54. The van der Waals surface area contributed by atoms with Gasteiger partial charge in [-0.15, -0.1) is 0 Å². The van der Waals surface area contributed by atoms with E-state index < -0.39 is 0 Å². The van der Waals surface area contributed by atoms with Crippen molar-refractivity contribution in [1.82, 2.24) is 20.1 Å². The van der Waals surface area contributed by atoms with Crippen LogP contribution < -0.4 is 5.32 Å². The first kappa shape index (κ1) is 15.3. The molecule has 22 heavy (non-hydrogen) atoms. The smallest absolute Gasteiger partial charge is 0.194 e. The second-order valence-electron chi connectivity index (χ2n) is 6.30. The van der Waals surface area contributed by atoms with E-state index in [0.29, 0.717) is 6.04 Å². The molecule has 1 N–H and O–H groups in total. The maximum Gasteiger partial charge on any atom is 0.194 e. The Morgan fingerprint density at radius 1 is 1.36 bits per heavy atom. The van der Waals surface area contributed by atoms with E-state index in [1.54, 1.807) is 0 Å². The minimum atomic E-state index is 0.706. The van der Waals surface area contributed by atoms with Gasteiger partial charge in [0.2, 0.25) is 0 Å². The molecule has 1 atom stereocenters. The summed E-state index contributed by atoms with van der Waals surface area (Å²) < 4.78 is 0. The molecule has 2 fully saturated rings. The van der Waals surface area contributed by atoms with Gasteiger partial charge >= 0.3 is 0 Å². The number of rotatable bonds is 3. The fraction of sp³-hybridized carbons (Fsp3) is 0.647. The van der Waals surface area contributed by atoms with Gasteiger partial charge in [0, 0.05) is 32.4 Å². The van der Waals surface area contributed by atoms with Gasteiger partial charge in [-0.25, -0.2) is 0 Å². The topological polar surface area (TPSA) is 43.8 Å². The van der Waals surface area contributed by atoms with Crippen LogP contribution in [0.3, 0.4) is 0 Å². The van der Waals surface area contributed by atoms with E-state index in [-0.39, 0.29) is 0 Å². The summed E-state index contributed by atoms with van der Waals surface area (Å²) in [5.41, 5.74) is 2.32. The van der Waals surface area contributed by atoms with Crippen LogP contribution in [0.2, 0.25) is 0 Å².